The van der Waals surface area contributed by atoms with Crippen LogP contribution in [-0.4, -0.2) is 23.9 Å². The molecule has 0 bridgehead atoms. The summed E-state index contributed by atoms with van der Waals surface area (Å²) in [4.78, 5) is 28.9. The number of methoxy groups -OCH3 is 1. The number of ketones is 1. The molecule has 1 fully saturated rings. The highest BCUT2D eigenvalue weighted by atomic mass is 32.1. The average Bonchev–Trinajstić information content (AvgIpc) is 3.41. The summed E-state index contributed by atoms with van der Waals surface area (Å²) in [6, 6.07) is 14.1. The van der Waals surface area contributed by atoms with E-state index in [1.54, 1.807) is 19.2 Å². The fourth-order valence-corrected chi connectivity index (χ4v) is 5.11. The predicted molar refractivity (Wildman–Crippen MR) is 137 cm³/mol. The second kappa shape index (κ2) is 8.76. The highest BCUT2D eigenvalue weighted by Gasteiger charge is 2.47. The molecule has 0 saturated carbocycles. The summed E-state index contributed by atoms with van der Waals surface area (Å²) in [5, 5.41) is 13.3. The Kier molecular flexibility index (Phi) is 6.13. The Morgan fingerprint density at radius 1 is 1.03 bits per heavy atom. The number of anilines is 1. The van der Waals surface area contributed by atoms with Gasteiger partial charge in [0, 0.05) is 21.7 Å². The molecular weight excluding hydrogens is 446 g/mol. The highest BCUT2D eigenvalue weighted by molar-refractivity contribution is 7.10. The van der Waals surface area contributed by atoms with Crippen LogP contribution < -0.4 is 9.64 Å². The zero-order valence-corrected chi connectivity index (χ0v) is 21.1. The van der Waals surface area contributed by atoms with E-state index in [2.05, 4.69) is 20.8 Å². The fraction of sp³-hybridized carbons (Fsp3) is 0.286. The summed E-state index contributed by atoms with van der Waals surface area (Å²) >= 11 is 1.45. The number of aryl methyl sites for hydroxylation is 2. The Balaban J connectivity index is 1.93. The Morgan fingerprint density at radius 2 is 1.76 bits per heavy atom. The van der Waals surface area contributed by atoms with Gasteiger partial charge in [0.05, 0.1) is 12.7 Å². The molecule has 6 heteroatoms. The number of Topliss-reactive ketones (excluding diaryl/α,β-unsaturated/α-hetero) is 1. The molecule has 0 radical (unpaired) electrons. The Labute approximate surface area is 204 Å². The Bertz CT molecular complexity index is 1300. The molecule has 1 saturated heterocycles. The van der Waals surface area contributed by atoms with Crippen molar-refractivity contribution in [3.8, 4) is 5.75 Å². The maximum Gasteiger partial charge on any atom is 0.300 e. The third kappa shape index (κ3) is 4.03. The first-order valence-electron chi connectivity index (χ1n) is 11.1. The zero-order valence-electron chi connectivity index (χ0n) is 20.3. The van der Waals surface area contributed by atoms with Gasteiger partial charge in [0.25, 0.3) is 11.7 Å². The van der Waals surface area contributed by atoms with Crippen LogP contribution in [0, 0.1) is 13.8 Å². The van der Waals surface area contributed by atoms with E-state index in [4.69, 9.17) is 4.74 Å². The molecule has 5 nitrogen and oxygen atoms in total. The lowest BCUT2D eigenvalue weighted by atomic mass is 9.84. The number of thiophene rings is 1. The van der Waals surface area contributed by atoms with Crippen LogP contribution in [0.3, 0.4) is 0 Å². The monoisotopic (exact) mass is 475 g/mol. The normalized spacial score (nSPS) is 17.9. The molecule has 0 aliphatic carbocycles. The SMILES string of the molecule is COc1ccc(/C(O)=C2/C(=O)C(=O)N(c3ccc(C)c(C)c3)C2c2cccs2)cc1C(C)(C)C. The minimum Gasteiger partial charge on any atom is -0.507 e. The van der Waals surface area contributed by atoms with Crippen LogP contribution in [0.1, 0.15) is 53.9 Å². The standard InChI is InChI=1S/C28H29NO4S/c1-16-9-11-19(14-17(16)2)29-24(22-8-7-13-34-22)23(26(31)27(29)32)25(30)18-10-12-21(33-6)20(15-18)28(3,4)5/h7-15,24,30H,1-6H3/b25-23-. The molecule has 4 rings (SSSR count). The summed E-state index contributed by atoms with van der Waals surface area (Å²) in [5.74, 6) is -0.819. The summed E-state index contributed by atoms with van der Waals surface area (Å²) < 4.78 is 5.52. The van der Waals surface area contributed by atoms with Gasteiger partial charge in [-0.3, -0.25) is 14.5 Å². The summed E-state index contributed by atoms with van der Waals surface area (Å²) in [6.07, 6.45) is 0. The van der Waals surface area contributed by atoms with Gasteiger partial charge in [-0.2, -0.15) is 0 Å². The number of hydrogen-bond donors (Lipinski definition) is 1. The van der Waals surface area contributed by atoms with E-state index in [0.29, 0.717) is 17.0 Å². The van der Waals surface area contributed by atoms with Gasteiger partial charge < -0.3 is 9.84 Å². The van der Waals surface area contributed by atoms with E-state index >= 15 is 0 Å². The first kappa shape index (κ1) is 23.8. The van der Waals surface area contributed by atoms with E-state index < -0.39 is 17.7 Å². The average molecular weight is 476 g/mol. The maximum absolute atomic E-state index is 13.3. The molecule has 1 aliphatic heterocycles. The topological polar surface area (TPSA) is 66.8 Å². The Morgan fingerprint density at radius 3 is 2.35 bits per heavy atom. The van der Waals surface area contributed by atoms with Crippen molar-refractivity contribution in [1.29, 1.82) is 0 Å². The van der Waals surface area contributed by atoms with Crippen molar-refractivity contribution in [2.24, 2.45) is 0 Å². The number of nitrogens with zero attached hydrogens (tertiary/aromatic N) is 1. The van der Waals surface area contributed by atoms with Crippen molar-refractivity contribution in [1.82, 2.24) is 0 Å². The molecule has 1 N–H and O–H groups in total. The minimum atomic E-state index is -0.706. The minimum absolute atomic E-state index is 0.0932. The molecule has 2 aromatic carbocycles. The number of carbonyl (C=O) groups excluding carboxylic acids is 2. The third-order valence-corrected chi connectivity index (χ3v) is 7.23. The Hall–Kier alpha value is -3.38. The van der Waals surface area contributed by atoms with Gasteiger partial charge in [-0.15, -0.1) is 11.3 Å². The first-order chi connectivity index (χ1) is 16.0. The van der Waals surface area contributed by atoms with Crippen LogP contribution >= 0.6 is 11.3 Å². The molecular formula is C28H29NO4S. The molecule has 0 spiro atoms. The number of aliphatic hydroxyl groups is 1. The molecule has 1 atom stereocenters. The summed E-state index contributed by atoms with van der Waals surface area (Å²) in [6.45, 7) is 10.1. The van der Waals surface area contributed by atoms with Gasteiger partial charge >= 0.3 is 0 Å². The molecule has 176 valence electrons. The number of amides is 1. The highest BCUT2D eigenvalue weighted by Crippen LogP contribution is 2.44. The number of carbonyl (C=O) groups is 2. The van der Waals surface area contributed by atoms with Crippen LogP contribution in [0.4, 0.5) is 5.69 Å². The van der Waals surface area contributed by atoms with E-state index in [-0.39, 0.29) is 16.7 Å². The van der Waals surface area contributed by atoms with Gasteiger partial charge in [0.1, 0.15) is 17.6 Å². The second-order valence-electron chi connectivity index (χ2n) is 9.62. The van der Waals surface area contributed by atoms with Gasteiger partial charge in [-0.1, -0.05) is 32.9 Å². The van der Waals surface area contributed by atoms with Crippen LogP contribution in [-0.2, 0) is 15.0 Å². The first-order valence-corrected chi connectivity index (χ1v) is 12.0. The number of rotatable bonds is 4. The van der Waals surface area contributed by atoms with Crippen LogP contribution in [0.5, 0.6) is 5.75 Å². The van der Waals surface area contributed by atoms with Crippen molar-refractivity contribution >= 4 is 34.5 Å². The largest absolute Gasteiger partial charge is 0.507 e. The van der Waals surface area contributed by atoms with Crippen molar-refractivity contribution in [2.45, 2.75) is 46.1 Å². The number of ether oxygens (including phenoxy) is 1. The van der Waals surface area contributed by atoms with Crippen LogP contribution in [0.15, 0.2) is 59.5 Å². The van der Waals surface area contributed by atoms with Crippen molar-refractivity contribution in [2.75, 3.05) is 12.0 Å². The van der Waals surface area contributed by atoms with Gasteiger partial charge in [-0.05, 0) is 72.2 Å². The van der Waals surface area contributed by atoms with Crippen LogP contribution in [0.25, 0.3) is 5.76 Å². The van der Waals surface area contributed by atoms with E-state index in [9.17, 15) is 14.7 Å². The van der Waals surface area contributed by atoms with Crippen molar-refractivity contribution in [3.05, 3.63) is 86.6 Å². The zero-order chi connectivity index (χ0) is 24.8. The molecule has 1 unspecified atom stereocenters. The summed E-state index contributed by atoms with van der Waals surface area (Å²) in [5.41, 5.74) is 3.97. The molecule has 34 heavy (non-hydrogen) atoms. The quantitative estimate of drug-likeness (QED) is 0.273. The second-order valence-corrected chi connectivity index (χ2v) is 10.6. The van der Waals surface area contributed by atoms with Crippen LogP contribution in [0.2, 0.25) is 0 Å². The van der Waals surface area contributed by atoms with Gasteiger partial charge in [-0.25, -0.2) is 0 Å². The number of hydrogen-bond acceptors (Lipinski definition) is 5. The lowest BCUT2D eigenvalue weighted by Gasteiger charge is -2.25. The molecule has 3 aromatic rings. The molecule has 2 heterocycles. The molecule has 1 aliphatic rings. The fourth-order valence-electron chi connectivity index (χ4n) is 4.29. The van der Waals surface area contributed by atoms with E-state index in [0.717, 1.165) is 21.6 Å². The maximum atomic E-state index is 13.3. The predicted octanol–water partition coefficient (Wildman–Crippen LogP) is 6.30. The van der Waals surface area contributed by atoms with Crippen molar-refractivity contribution < 1.29 is 19.4 Å². The third-order valence-electron chi connectivity index (χ3n) is 6.31. The molecule has 1 aromatic heterocycles. The van der Waals surface area contributed by atoms with E-state index in [1.165, 1.54) is 16.2 Å². The van der Waals surface area contributed by atoms with Crippen molar-refractivity contribution in [3.63, 3.8) is 0 Å². The van der Waals surface area contributed by atoms with Gasteiger partial charge in [0.2, 0.25) is 0 Å². The number of aliphatic hydroxyl groups excluding tert-OH is 1. The number of benzene rings is 2. The lowest BCUT2D eigenvalue weighted by Crippen LogP contribution is -2.29. The van der Waals surface area contributed by atoms with Gasteiger partial charge in [0.15, 0.2) is 0 Å². The smallest absolute Gasteiger partial charge is 0.300 e. The van der Waals surface area contributed by atoms with E-state index in [1.807, 2.05) is 55.6 Å². The lowest BCUT2D eigenvalue weighted by molar-refractivity contribution is -0.132. The molecule has 1 amide bonds. The summed E-state index contributed by atoms with van der Waals surface area (Å²) in [7, 11) is 1.61.